The van der Waals surface area contributed by atoms with Gasteiger partial charge in [-0.05, 0) is 12.6 Å². The van der Waals surface area contributed by atoms with Gasteiger partial charge in [0.05, 0.1) is 0 Å². The Labute approximate surface area is 32.6 Å². The Kier molecular flexibility index (Phi) is 3.63. The van der Waals surface area contributed by atoms with Crippen molar-refractivity contribution >= 4 is 8.46 Å². The highest BCUT2D eigenvalue weighted by molar-refractivity contribution is 7.30. The van der Waals surface area contributed by atoms with Gasteiger partial charge in [-0.1, -0.05) is 5.92 Å². The molecule has 1 atom stereocenters. The number of hydrogen-bond donors (Lipinski definition) is 0. The number of rotatable bonds is 0. The molecule has 0 aromatic carbocycles. The molecule has 0 radical (unpaired) electrons. The molecule has 0 amide bonds. The maximum Gasteiger partial charge on any atom is 0.132 e. The second-order valence-electron chi connectivity index (χ2n) is 0.512. The van der Waals surface area contributed by atoms with E-state index in [1.807, 2.05) is 0 Å². The van der Waals surface area contributed by atoms with Gasteiger partial charge in [0.1, 0.15) is 8.46 Å². The summed E-state index contributed by atoms with van der Waals surface area (Å²) in [5, 5.41) is 0. The first-order valence-electron chi connectivity index (χ1n) is 1.27. The Morgan fingerprint density at radius 1 is 1.80 bits per heavy atom. The molecule has 0 heterocycles. The highest BCUT2D eigenvalue weighted by atomic mass is 31.1. The van der Waals surface area contributed by atoms with Gasteiger partial charge in [0.25, 0.3) is 0 Å². The molecule has 0 aliphatic heterocycles. The Morgan fingerprint density at radius 3 is 2.40 bits per heavy atom. The second-order valence-corrected chi connectivity index (χ2v) is 1.04. The van der Waals surface area contributed by atoms with Crippen LogP contribution in [0.3, 0.4) is 0 Å². The fourth-order valence-electron chi connectivity index (χ4n) is 0.0589. The lowest BCUT2D eigenvalue weighted by Crippen LogP contribution is -1.24. The minimum atomic E-state index is -0.825. The molecular weight excluding hydrogens is 83.0 g/mol. The van der Waals surface area contributed by atoms with Crippen molar-refractivity contribution in [3.8, 4) is 11.6 Å². The molecule has 28 valence electrons. The third-order valence-electron chi connectivity index (χ3n) is 0.203. The molecule has 0 aliphatic rings. The van der Waals surface area contributed by atoms with Gasteiger partial charge < -0.3 is 4.57 Å². The Bertz CT molecular complexity index is 76.6. The van der Waals surface area contributed by atoms with Gasteiger partial charge in [-0.2, -0.15) is 0 Å². The second kappa shape index (κ2) is 3.79. The van der Waals surface area contributed by atoms with Gasteiger partial charge in [0.2, 0.25) is 0 Å². The third-order valence-corrected chi connectivity index (χ3v) is 0.610. The summed E-state index contributed by atoms with van der Waals surface area (Å²) < 4.78 is 9.44. The summed E-state index contributed by atoms with van der Waals surface area (Å²) in [7, 11) is -0.825. The fourth-order valence-corrected chi connectivity index (χ4v) is 0.177. The summed E-state index contributed by atoms with van der Waals surface area (Å²) >= 11 is 0. The van der Waals surface area contributed by atoms with Crippen LogP contribution in [0, 0.1) is 11.6 Å². The van der Waals surface area contributed by atoms with Gasteiger partial charge in [-0.15, -0.1) is 0 Å². The molecule has 0 aromatic rings. The molecule has 0 N–H and O–H groups in total. The van der Waals surface area contributed by atoms with Crippen LogP contribution in [0.4, 0.5) is 0 Å². The van der Waals surface area contributed by atoms with E-state index in [1.165, 1.54) is 0 Å². The molecule has 0 spiro atoms. The minimum Gasteiger partial charge on any atom is -0.317 e. The topological polar surface area (TPSA) is 17.1 Å². The molecule has 2 heteroatoms. The summed E-state index contributed by atoms with van der Waals surface area (Å²) in [6.07, 6.45) is 0. The van der Waals surface area contributed by atoms with Crippen LogP contribution < -0.4 is 0 Å². The lowest BCUT2D eigenvalue weighted by Gasteiger charge is -1.44. The monoisotopic (exact) mass is 88.0 g/mol. The van der Waals surface area contributed by atoms with E-state index < -0.39 is 8.46 Å². The van der Waals surface area contributed by atoms with Crippen LogP contribution in [0.5, 0.6) is 0 Å². The van der Waals surface area contributed by atoms with Gasteiger partial charge in [-0.25, -0.2) is 0 Å². The van der Waals surface area contributed by atoms with Gasteiger partial charge in [0.15, 0.2) is 0 Å². The summed E-state index contributed by atoms with van der Waals surface area (Å²) in [6, 6.07) is 0. The summed E-state index contributed by atoms with van der Waals surface area (Å²) in [5.74, 6) is 2.49. The Hall–Kier alpha value is -0.210. The van der Waals surface area contributed by atoms with Crippen LogP contribution in [0.15, 0.2) is 0 Å². The smallest absolute Gasteiger partial charge is 0.132 e. The molecule has 0 rings (SSSR count). The maximum absolute atomic E-state index is 9.44. The molecule has 1 unspecified atom stereocenters. The molecule has 0 fully saturated rings. The Balaban J connectivity index is 3.16. The van der Waals surface area contributed by atoms with Crippen molar-refractivity contribution in [3.63, 3.8) is 0 Å². The van der Waals surface area contributed by atoms with Crippen LogP contribution in [-0.4, -0.2) is 0 Å². The van der Waals surface area contributed by atoms with Crippen LogP contribution in [0.1, 0.15) is 6.92 Å². The molecule has 0 saturated heterocycles. The molecule has 0 aromatic heterocycles. The van der Waals surface area contributed by atoms with E-state index >= 15 is 0 Å². The Morgan fingerprint density at radius 2 is 2.40 bits per heavy atom. The van der Waals surface area contributed by atoms with Crippen molar-refractivity contribution in [3.05, 3.63) is 0 Å². The van der Waals surface area contributed by atoms with Crippen molar-refractivity contribution < 1.29 is 4.57 Å². The summed E-state index contributed by atoms with van der Waals surface area (Å²) in [4.78, 5) is 0. The summed E-state index contributed by atoms with van der Waals surface area (Å²) in [5.41, 5.74) is 2.39. The maximum atomic E-state index is 9.44. The first kappa shape index (κ1) is 4.79. The zero-order valence-electron chi connectivity index (χ0n) is 2.99. The molecule has 0 bridgehead atoms. The van der Waals surface area contributed by atoms with Gasteiger partial charge in [0, 0.05) is 0 Å². The summed E-state index contributed by atoms with van der Waals surface area (Å²) in [6.45, 7) is 1.67. The zero-order chi connectivity index (χ0) is 4.12. The largest absolute Gasteiger partial charge is 0.317 e. The van der Waals surface area contributed by atoms with Crippen LogP contribution in [-0.2, 0) is 4.57 Å². The zero-order valence-corrected chi connectivity index (χ0v) is 4.14. The molecule has 5 heavy (non-hydrogen) atoms. The predicted molar refractivity (Wildman–Crippen MR) is 23.8 cm³/mol. The van der Waals surface area contributed by atoms with Gasteiger partial charge in [-0.3, -0.25) is 0 Å². The van der Waals surface area contributed by atoms with E-state index in [2.05, 4.69) is 11.6 Å². The average Bonchev–Trinajstić information content (AvgIpc) is 1.41. The average molecular weight is 88.0 g/mol. The van der Waals surface area contributed by atoms with E-state index in [9.17, 15) is 4.57 Å². The lowest BCUT2D eigenvalue weighted by atomic mass is 10.9. The first-order chi connectivity index (χ1) is 2.41. The van der Waals surface area contributed by atoms with Crippen molar-refractivity contribution in [2.45, 2.75) is 6.92 Å². The van der Waals surface area contributed by atoms with E-state index in [4.69, 9.17) is 0 Å². The van der Waals surface area contributed by atoms with Crippen LogP contribution in [0.25, 0.3) is 0 Å². The predicted octanol–water partition coefficient (Wildman–Crippen LogP) is 0.723. The normalized spacial score (nSPS) is 7.40. The van der Waals surface area contributed by atoms with Gasteiger partial charge >= 0.3 is 0 Å². The van der Waals surface area contributed by atoms with Crippen molar-refractivity contribution in [1.82, 2.24) is 0 Å². The van der Waals surface area contributed by atoms with Crippen LogP contribution >= 0.6 is 8.46 Å². The van der Waals surface area contributed by atoms with Crippen LogP contribution in [0.2, 0.25) is 0 Å². The highest BCUT2D eigenvalue weighted by Gasteiger charge is 1.40. The van der Waals surface area contributed by atoms with E-state index in [-0.39, 0.29) is 0 Å². The number of hydrogen-bond acceptors (Lipinski definition) is 1. The molecule has 0 saturated carbocycles. The molecular formula is C3H5OP. The van der Waals surface area contributed by atoms with Crippen molar-refractivity contribution in [1.29, 1.82) is 0 Å². The SMILES string of the molecule is CC#C[PH2]=O. The quantitative estimate of drug-likeness (QED) is 0.315. The fraction of sp³-hybridized carbons (Fsp3) is 0.333. The van der Waals surface area contributed by atoms with E-state index in [0.717, 1.165) is 0 Å². The third kappa shape index (κ3) is 3.79. The van der Waals surface area contributed by atoms with Crippen molar-refractivity contribution in [2.75, 3.05) is 0 Å². The molecule has 1 nitrogen and oxygen atoms in total. The first-order valence-corrected chi connectivity index (χ1v) is 2.32. The van der Waals surface area contributed by atoms with E-state index in [0.29, 0.717) is 0 Å². The van der Waals surface area contributed by atoms with Crippen molar-refractivity contribution in [2.24, 2.45) is 0 Å². The molecule has 0 aliphatic carbocycles. The standard InChI is InChI=1S/C3H5OP/c1-2-3-5-4/h5H2,1H3. The minimum absolute atomic E-state index is 0.825. The lowest BCUT2D eigenvalue weighted by molar-refractivity contribution is 0.603. The van der Waals surface area contributed by atoms with E-state index in [1.54, 1.807) is 6.92 Å². The highest BCUT2D eigenvalue weighted by Crippen LogP contribution is 1.79.